The van der Waals surface area contributed by atoms with E-state index in [1.165, 1.54) is 0 Å². The van der Waals surface area contributed by atoms with E-state index in [9.17, 15) is 18.0 Å². The predicted molar refractivity (Wildman–Crippen MR) is 72.5 cm³/mol. The van der Waals surface area contributed by atoms with Gasteiger partial charge in [0.05, 0.1) is 6.61 Å². The van der Waals surface area contributed by atoms with Crippen molar-refractivity contribution in [1.29, 1.82) is 0 Å². The van der Waals surface area contributed by atoms with E-state index >= 15 is 0 Å². The van der Waals surface area contributed by atoms with Crippen LogP contribution in [-0.2, 0) is 4.79 Å². The topological polar surface area (TPSA) is 32.8 Å². The van der Waals surface area contributed by atoms with Crippen molar-refractivity contribution in [3.63, 3.8) is 0 Å². The van der Waals surface area contributed by atoms with Crippen molar-refractivity contribution in [2.45, 2.75) is 13.1 Å². The Balaban J connectivity index is 1.93. The Morgan fingerprint density at radius 1 is 1.14 bits per heavy atom. The summed E-state index contributed by atoms with van der Waals surface area (Å²) < 4.78 is 42.4. The van der Waals surface area contributed by atoms with Gasteiger partial charge in [0, 0.05) is 31.9 Å². The molecular formula is C14H17F3N2O2. The van der Waals surface area contributed by atoms with Crippen molar-refractivity contribution >= 4 is 11.6 Å². The van der Waals surface area contributed by atoms with E-state index in [1.807, 2.05) is 36.1 Å². The molecule has 0 aliphatic carbocycles. The van der Waals surface area contributed by atoms with Crippen molar-refractivity contribution in [2.24, 2.45) is 0 Å². The minimum absolute atomic E-state index is 0.0750. The van der Waals surface area contributed by atoms with E-state index in [4.69, 9.17) is 4.74 Å². The molecule has 1 saturated heterocycles. The van der Waals surface area contributed by atoms with Gasteiger partial charge in [-0.3, -0.25) is 4.79 Å². The first-order valence-corrected chi connectivity index (χ1v) is 6.75. The van der Waals surface area contributed by atoms with Crippen LogP contribution in [0.2, 0.25) is 0 Å². The molecule has 1 amide bonds. The van der Waals surface area contributed by atoms with Crippen molar-refractivity contribution in [3.05, 3.63) is 24.3 Å². The molecule has 0 N–H and O–H groups in total. The monoisotopic (exact) mass is 302 g/mol. The molecule has 21 heavy (non-hydrogen) atoms. The number of alkyl halides is 3. The second-order valence-electron chi connectivity index (χ2n) is 4.70. The molecule has 0 atom stereocenters. The maximum Gasteiger partial charge on any atom is 0.471 e. The Bertz CT molecular complexity index is 480. The van der Waals surface area contributed by atoms with Gasteiger partial charge in [0.15, 0.2) is 0 Å². The highest BCUT2D eigenvalue weighted by Crippen LogP contribution is 2.23. The third-order valence-electron chi connectivity index (χ3n) is 3.32. The zero-order chi connectivity index (χ0) is 15.5. The molecule has 0 radical (unpaired) electrons. The molecule has 1 fully saturated rings. The molecule has 7 heteroatoms. The van der Waals surface area contributed by atoms with E-state index in [0.29, 0.717) is 19.7 Å². The number of rotatable bonds is 3. The van der Waals surface area contributed by atoms with Crippen LogP contribution in [0.25, 0.3) is 0 Å². The van der Waals surface area contributed by atoms with Crippen molar-refractivity contribution in [1.82, 2.24) is 4.90 Å². The Morgan fingerprint density at radius 3 is 2.19 bits per heavy atom. The molecule has 1 aromatic carbocycles. The van der Waals surface area contributed by atoms with Crippen LogP contribution in [-0.4, -0.2) is 49.8 Å². The standard InChI is InChI=1S/C14H17F3N2O2/c1-2-21-12-5-3-11(4-6-12)18-7-9-19(10-8-18)13(20)14(15,16)17/h3-6H,2,7-10H2,1H3. The number of nitrogens with zero attached hydrogens (tertiary/aromatic N) is 2. The Morgan fingerprint density at radius 2 is 1.71 bits per heavy atom. The average Bonchev–Trinajstić information content (AvgIpc) is 2.47. The molecule has 4 nitrogen and oxygen atoms in total. The SMILES string of the molecule is CCOc1ccc(N2CCN(C(=O)C(F)(F)F)CC2)cc1. The van der Waals surface area contributed by atoms with Gasteiger partial charge < -0.3 is 14.5 Å². The van der Waals surface area contributed by atoms with Crippen molar-refractivity contribution in [3.8, 4) is 5.75 Å². The summed E-state index contributed by atoms with van der Waals surface area (Å²) in [7, 11) is 0. The summed E-state index contributed by atoms with van der Waals surface area (Å²) in [5.41, 5.74) is 0.914. The fraction of sp³-hybridized carbons (Fsp3) is 0.500. The number of anilines is 1. The lowest BCUT2D eigenvalue weighted by molar-refractivity contribution is -0.185. The molecule has 0 spiro atoms. The molecule has 0 bridgehead atoms. The molecule has 1 aromatic rings. The summed E-state index contributed by atoms with van der Waals surface area (Å²) in [6.07, 6.45) is -4.79. The number of carbonyl (C=O) groups excluding carboxylic acids is 1. The van der Waals surface area contributed by atoms with Gasteiger partial charge in [-0.2, -0.15) is 13.2 Å². The maximum atomic E-state index is 12.4. The number of hydrogen-bond acceptors (Lipinski definition) is 3. The van der Waals surface area contributed by atoms with Gasteiger partial charge in [0.25, 0.3) is 0 Å². The molecule has 0 aromatic heterocycles. The summed E-state index contributed by atoms with van der Waals surface area (Å²) in [5.74, 6) is -0.999. The van der Waals surface area contributed by atoms with E-state index < -0.39 is 12.1 Å². The third kappa shape index (κ3) is 3.80. The van der Waals surface area contributed by atoms with Crippen LogP contribution in [0.5, 0.6) is 5.75 Å². The van der Waals surface area contributed by atoms with Gasteiger partial charge in [-0.25, -0.2) is 0 Å². The average molecular weight is 302 g/mol. The number of amides is 1. The van der Waals surface area contributed by atoms with E-state index in [-0.39, 0.29) is 13.1 Å². The predicted octanol–water partition coefficient (Wildman–Crippen LogP) is 2.30. The summed E-state index contributed by atoms with van der Waals surface area (Å²) in [5, 5.41) is 0. The lowest BCUT2D eigenvalue weighted by Crippen LogP contribution is -2.52. The van der Waals surface area contributed by atoms with E-state index in [1.54, 1.807) is 0 Å². The summed E-state index contributed by atoms with van der Waals surface area (Å²) in [6.45, 7) is 3.39. The van der Waals surface area contributed by atoms with Crippen LogP contribution in [0.3, 0.4) is 0 Å². The van der Waals surface area contributed by atoms with Crippen molar-refractivity contribution < 1.29 is 22.7 Å². The van der Waals surface area contributed by atoms with Gasteiger partial charge in [-0.15, -0.1) is 0 Å². The fourth-order valence-corrected chi connectivity index (χ4v) is 2.27. The van der Waals surface area contributed by atoms with Crippen LogP contribution in [0.1, 0.15) is 6.92 Å². The van der Waals surface area contributed by atoms with Gasteiger partial charge in [0.1, 0.15) is 5.75 Å². The Hall–Kier alpha value is -1.92. The zero-order valence-electron chi connectivity index (χ0n) is 11.7. The lowest BCUT2D eigenvalue weighted by Gasteiger charge is -2.36. The smallest absolute Gasteiger partial charge is 0.471 e. The van der Waals surface area contributed by atoms with Crippen LogP contribution in [0.15, 0.2) is 24.3 Å². The first-order valence-electron chi connectivity index (χ1n) is 6.75. The van der Waals surface area contributed by atoms with Crippen LogP contribution in [0.4, 0.5) is 18.9 Å². The lowest BCUT2D eigenvalue weighted by atomic mass is 10.2. The highest BCUT2D eigenvalue weighted by atomic mass is 19.4. The minimum atomic E-state index is -4.79. The number of halogens is 3. The highest BCUT2D eigenvalue weighted by Gasteiger charge is 2.43. The minimum Gasteiger partial charge on any atom is -0.494 e. The molecule has 2 rings (SSSR count). The molecule has 0 unspecified atom stereocenters. The van der Waals surface area contributed by atoms with Crippen LogP contribution >= 0.6 is 0 Å². The molecule has 1 heterocycles. The molecule has 116 valence electrons. The third-order valence-corrected chi connectivity index (χ3v) is 3.32. The largest absolute Gasteiger partial charge is 0.494 e. The van der Waals surface area contributed by atoms with E-state index in [2.05, 4.69) is 0 Å². The zero-order valence-corrected chi connectivity index (χ0v) is 11.7. The normalized spacial score (nSPS) is 16.0. The van der Waals surface area contributed by atoms with Gasteiger partial charge >= 0.3 is 12.1 Å². The summed E-state index contributed by atoms with van der Waals surface area (Å²) >= 11 is 0. The van der Waals surface area contributed by atoms with Crippen LogP contribution in [0, 0.1) is 0 Å². The highest BCUT2D eigenvalue weighted by molar-refractivity contribution is 5.82. The number of hydrogen-bond donors (Lipinski definition) is 0. The van der Waals surface area contributed by atoms with Crippen LogP contribution < -0.4 is 9.64 Å². The summed E-state index contributed by atoms with van der Waals surface area (Å²) in [4.78, 5) is 14.0. The quantitative estimate of drug-likeness (QED) is 0.859. The van der Waals surface area contributed by atoms with Gasteiger partial charge in [0.2, 0.25) is 0 Å². The number of ether oxygens (including phenoxy) is 1. The van der Waals surface area contributed by atoms with Gasteiger partial charge in [-0.1, -0.05) is 0 Å². The Kier molecular flexibility index (Phi) is 4.59. The number of piperazine rings is 1. The second kappa shape index (κ2) is 6.24. The van der Waals surface area contributed by atoms with Gasteiger partial charge in [-0.05, 0) is 31.2 Å². The molecule has 0 saturated carbocycles. The number of carbonyl (C=O) groups is 1. The second-order valence-corrected chi connectivity index (χ2v) is 4.70. The first-order chi connectivity index (χ1) is 9.91. The maximum absolute atomic E-state index is 12.4. The Labute approximate surface area is 121 Å². The van der Waals surface area contributed by atoms with E-state index in [0.717, 1.165) is 16.3 Å². The number of benzene rings is 1. The first kappa shape index (κ1) is 15.5. The molecule has 1 aliphatic heterocycles. The summed E-state index contributed by atoms with van der Waals surface area (Å²) in [6, 6.07) is 7.39. The molecule has 1 aliphatic rings. The molecular weight excluding hydrogens is 285 g/mol. The fourth-order valence-electron chi connectivity index (χ4n) is 2.27. The van der Waals surface area contributed by atoms with Crippen molar-refractivity contribution in [2.75, 3.05) is 37.7 Å².